The average Bonchev–Trinajstić information content (AvgIpc) is 2.58. The van der Waals surface area contributed by atoms with E-state index in [9.17, 15) is 14.4 Å². The highest BCUT2D eigenvalue weighted by Crippen LogP contribution is 1.99. The Balaban J connectivity index is 4.18. The first-order valence-corrected chi connectivity index (χ1v) is 7.70. The first-order valence-electron chi connectivity index (χ1n) is 7.70. The SMILES string of the molecule is COCCN(C)/C=C/C=C(\C#N)C(=O)OCCOC(=O)CCC(C)=O. The lowest BCUT2D eigenvalue weighted by atomic mass is 10.2. The van der Waals surface area contributed by atoms with E-state index in [0.29, 0.717) is 13.2 Å². The van der Waals surface area contributed by atoms with Crippen LogP contribution in [0.1, 0.15) is 19.8 Å². The lowest BCUT2D eigenvalue weighted by molar-refractivity contribution is -0.150. The fourth-order valence-electron chi connectivity index (χ4n) is 1.46. The number of likely N-dealkylation sites (N-methyl/N-ethyl adjacent to an activating group) is 1. The highest BCUT2D eigenvalue weighted by molar-refractivity contribution is 5.93. The maximum atomic E-state index is 11.7. The van der Waals surface area contributed by atoms with E-state index in [2.05, 4.69) is 0 Å². The van der Waals surface area contributed by atoms with Crippen molar-refractivity contribution in [2.24, 2.45) is 0 Å². The Bertz CT molecular complexity index is 548. The van der Waals surface area contributed by atoms with Gasteiger partial charge in [-0.15, -0.1) is 0 Å². The van der Waals surface area contributed by atoms with Crippen molar-refractivity contribution in [1.82, 2.24) is 4.90 Å². The molecule has 0 aromatic rings. The van der Waals surface area contributed by atoms with Crippen molar-refractivity contribution in [1.29, 1.82) is 5.26 Å². The highest BCUT2D eigenvalue weighted by atomic mass is 16.6. The molecule has 0 aromatic carbocycles. The van der Waals surface area contributed by atoms with E-state index in [1.54, 1.807) is 25.5 Å². The number of allylic oxidation sites excluding steroid dienone is 2. The average molecular weight is 352 g/mol. The van der Waals surface area contributed by atoms with Crippen molar-refractivity contribution in [2.45, 2.75) is 19.8 Å². The van der Waals surface area contributed by atoms with Crippen LogP contribution in [0.2, 0.25) is 0 Å². The number of Topliss-reactive ketones (excluding diaryl/α,β-unsaturated/α-hetero) is 1. The lowest BCUT2D eigenvalue weighted by Crippen LogP contribution is -2.16. The number of ketones is 1. The van der Waals surface area contributed by atoms with Gasteiger partial charge in [0.15, 0.2) is 0 Å². The summed E-state index contributed by atoms with van der Waals surface area (Å²) in [4.78, 5) is 35.5. The molecule has 0 aliphatic rings. The molecule has 0 aliphatic heterocycles. The van der Waals surface area contributed by atoms with Crippen molar-refractivity contribution < 1.29 is 28.6 Å². The van der Waals surface area contributed by atoms with E-state index in [4.69, 9.17) is 19.5 Å². The van der Waals surface area contributed by atoms with Gasteiger partial charge in [-0.3, -0.25) is 4.79 Å². The Morgan fingerprint density at radius 2 is 1.80 bits per heavy atom. The van der Waals surface area contributed by atoms with E-state index in [1.165, 1.54) is 13.0 Å². The summed E-state index contributed by atoms with van der Waals surface area (Å²) in [6.07, 6.45) is 4.70. The fourth-order valence-corrected chi connectivity index (χ4v) is 1.46. The molecule has 25 heavy (non-hydrogen) atoms. The van der Waals surface area contributed by atoms with Gasteiger partial charge in [-0.2, -0.15) is 5.26 Å². The van der Waals surface area contributed by atoms with Crippen LogP contribution in [-0.2, 0) is 28.6 Å². The van der Waals surface area contributed by atoms with E-state index in [-0.39, 0.29) is 37.4 Å². The number of esters is 2. The van der Waals surface area contributed by atoms with Gasteiger partial charge in [0.2, 0.25) is 0 Å². The van der Waals surface area contributed by atoms with E-state index in [0.717, 1.165) is 0 Å². The number of nitriles is 1. The number of hydrogen-bond donors (Lipinski definition) is 0. The summed E-state index contributed by atoms with van der Waals surface area (Å²) in [5.74, 6) is -1.44. The van der Waals surface area contributed by atoms with Crippen molar-refractivity contribution in [3.05, 3.63) is 23.9 Å². The zero-order valence-electron chi connectivity index (χ0n) is 14.8. The number of ether oxygens (including phenoxy) is 3. The Morgan fingerprint density at radius 3 is 2.40 bits per heavy atom. The third-order valence-electron chi connectivity index (χ3n) is 2.85. The molecule has 0 saturated carbocycles. The lowest BCUT2D eigenvalue weighted by Gasteiger charge is -2.11. The van der Waals surface area contributed by atoms with Gasteiger partial charge in [0.1, 0.15) is 30.6 Å². The number of carbonyl (C=O) groups excluding carboxylic acids is 3. The fraction of sp³-hybridized carbons (Fsp3) is 0.529. The molecule has 0 saturated heterocycles. The first-order chi connectivity index (χ1) is 11.9. The summed E-state index contributed by atoms with van der Waals surface area (Å²) in [7, 11) is 3.43. The zero-order chi connectivity index (χ0) is 19.1. The van der Waals surface area contributed by atoms with Gasteiger partial charge >= 0.3 is 11.9 Å². The first kappa shape index (κ1) is 22.3. The minimum Gasteiger partial charge on any atom is -0.462 e. The van der Waals surface area contributed by atoms with Gasteiger partial charge in [0.05, 0.1) is 13.0 Å². The standard InChI is InChI=1S/C17H24N2O6/c1-14(20)6-7-16(21)24-11-12-25-17(22)15(13-18)5-4-8-19(2)9-10-23-3/h4-5,8H,6-7,9-12H2,1-3H3/b8-4+,15-5+. The summed E-state index contributed by atoms with van der Waals surface area (Å²) in [6.45, 7) is 2.32. The maximum Gasteiger partial charge on any atom is 0.349 e. The van der Waals surface area contributed by atoms with Crippen LogP contribution < -0.4 is 0 Å². The van der Waals surface area contributed by atoms with Gasteiger partial charge in [0, 0.05) is 27.1 Å². The predicted octanol–water partition coefficient (Wildman–Crippen LogP) is 0.984. The van der Waals surface area contributed by atoms with Crippen LogP contribution in [0.5, 0.6) is 0 Å². The molecule has 0 amide bonds. The van der Waals surface area contributed by atoms with Gasteiger partial charge in [-0.1, -0.05) is 0 Å². The Kier molecular flexibility index (Phi) is 12.3. The third-order valence-corrected chi connectivity index (χ3v) is 2.85. The second kappa shape index (κ2) is 13.7. The van der Waals surface area contributed by atoms with Gasteiger partial charge in [0.25, 0.3) is 0 Å². The Hall–Kier alpha value is -2.66. The molecule has 0 rings (SSSR count). The summed E-state index contributed by atoms with van der Waals surface area (Å²) in [5.41, 5.74) is -0.167. The zero-order valence-corrected chi connectivity index (χ0v) is 14.8. The molecule has 0 spiro atoms. The maximum absolute atomic E-state index is 11.7. The molecule has 0 aliphatic carbocycles. The predicted molar refractivity (Wildman–Crippen MR) is 89.2 cm³/mol. The minimum atomic E-state index is -0.800. The molecule has 0 aromatic heterocycles. The van der Waals surface area contributed by atoms with Crippen molar-refractivity contribution >= 4 is 17.7 Å². The molecule has 138 valence electrons. The molecule has 0 fully saturated rings. The summed E-state index contributed by atoms with van der Waals surface area (Å²) < 4.78 is 14.6. The van der Waals surface area contributed by atoms with Crippen LogP contribution >= 0.6 is 0 Å². The van der Waals surface area contributed by atoms with Crippen LogP contribution in [0.25, 0.3) is 0 Å². The molecule has 0 N–H and O–H groups in total. The quantitative estimate of drug-likeness (QED) is 0.168. The molecule has 0 radical (unpaired) electrons. The van der Waals surface area contributed by atoms with Crippen LogP contribution in [0, 0.1) is 11.3 Å². The largest absolute Gasteiger partial charge is 0.462 e. The van der Waals surface area contributed by atoms with Crippen LogP contribution in [0.3, 0.4) is 0 Å². The minimum absolute atomic E-state index is 0.00594. The van der Waals surface area contributed by atoms with Gasteiger partial charge in [-0.05, 0) is 25.3 Å². The van der Waals surface area contributed by atoms with E-state index in [1.807, 2.05) is 11.9 Å². The molecule has 8 heteroatoms. The van der Waals surface area contributed by atoms with Gasteiger partial charge < -0.3 is 23.9 Å². The molecule has 8 nitrogen and oxygen atoms in total. The summed E-state index contributed by atoms with van der Waals surface area (Å²) in [6, 6.07) is 1.75. The number of hydrogen-bond acceptors (Lipinski definition) is 8. The number of rotatable bonds is 12. The highest BCUT2D eigenvalue weighted by Gasteiger charge is 2.10. The smallest absolute Gasteiger partial charge is 0.349 e. The van der Waals surface area contributed by atoms with E-state index < -0.39 is 11.9 Å². The van der Waals surface area contributed by atoms with Crippen LogP contribution in [0.4, 0.5) is 0 Å². The Labute approximate surface area is 147 Å². The second-order valence-electron chi connectivity index (χ2n) is 5.07. The molecule has 0 atom stereocenters. The molecular weight excluding hydrogens is 328 g/mol. The van der Waals surface area contributed by atoms with E-state index >= 15 is 0 Å². The summed E-state index contributed by atoms with van der Waals surface area (Å²) in [5, 5.41) is 8.97. The van der Waals surface area contributed by atoms with Gasteiger partial charge in [-0.25, -0.2) is 4.79 Å². The molecule has 0 bridgehead atoms. The molecular formula is C17H24N2O6. The molecule has 0 heterocycles. The normalized spacial score (nSPS) is 11.0. The molecule has 0 unspecified atom stereocenters. The summed E-state index contributed by atoms with van der Waals surface area (Å²) >= 11 is 0. The third kappa shape index (κ3) is 12.4. The van der Waals surface area contributed by atoms with Crippen LogP contribution in [0.15, 0.2) is 23.9 Å². The monoisotopic (exact) mass is 352 g/mol. The Morgan fingerprint density at radius 1 is 1.12 bits per heavy atom. The number of nitrogens with zero attached hydrogens (tertiary/aromatic N) is 2. The number of methoxy groups -OCH3 is 1. The van der Waals surface area contributed by atoms with Crippen molar-refractivity contribution in [3.63, 3.8) is 0 Å². The van der Waals surface area contributed by atoms with Crippen molar-refractivity contribution in [2.75, 3.05) is 40.5 Å². The number of carbonyl (C=O) groups is 3. The topological polar surface area (TPSA) is 106 Å². The van der Waals surface area contributed by atoms with Crippen molar-refractivity contribution in [3.8, 4) is 6.07 Å². The van der Waals surface area contributed by atoms with Crippen LogP contribution in [-0.4, -0.2) is 63.1 Å². The second-order valence-corrected chi connectivity index (χ2v) is 5.07.